The van der Waals surface area contributed by atoms with E-state index in [0.717, 1.165) is 27.5 Å². The Bertz CT molecular complexity index is 966. The van der Waals surface area contributed by atoms with Gasteiger partial charge in [-0.1, -0.05) is 73.3 Å². The minimum absolute atomic E-state index is 0.394. The second kappa shape index (κ2) is 10.0. The quantitative estimate of drug-likeness (QED) is 0.336. The lowest BCUT2D eigenvalue weighted by Crippen LogP contribution is -2.16. The summed E-state index contributed by atoms with van der Waals surface area (Å²) in [7, 11) is 0. The molecule has 0 bridgehead atoms. The summed E-state index contributed by atoms with van der Waals surface area (Å²) in [5.41, 5.74) is 7.01. The molecule has 1 aliphatic carbocycles. The van der Waals surface area contributed by atoms with Crippen molar-refractivity contribution in [1.29, 1.82) is 0 Å². The Labute approximate surface area is 180 Å². The maximum atomic E-state index is 6.26. The molecule has 0 atom stereocenters. The predicted molar refractivity (Wildman–Crippen MR) is 122 cm³/mol. The minimum Gasteiger partial charge on any atom is -0.374 e. The van der Waals surface area contributed by atoms with Crippen molar-refractivity contribution in [2.75, 3.05) is 5.43 Å². The molecular formula is C23H24ClN3OS. The van der Waals surface area contributed by atoms with Gasteiger partial charge < -0.3 is 4.74 Å². The lowest BCUT2D eigenvalue weighted by atomic mass is 9.98. The van der Waals surface area contributed by atoms with Crippen molar-refractivity contribution >= 4 is 34.3 Å². The van der Waals surface area contributed by atoms with Crippen LogP contribution in [0.1, 0.15) is 43.2 Å². The van der Waals surface area contributed by atoms with E-state index in [1.54, 1.807) is 0 Å². The second-order valence-electron chi connectivity index (χ2n) is 7.16. The first-order valence-electron chi connectivity index (χ1n) is 9.98. The Morgan fingerprint density at radius 1 is 1.10 bits per heavy atom. The zero-order valence-corrected chi connectivity index (χ0v) is 17.8. The lowest BCUT2D eigenvalue weighted by molar-refractivity contribution is 0.0168. The molecular weight excluding hydrogens is 402 g/mol. The molecule has 0 unspecified atom stereocenters. The van der Waals surface area contributed by atoms with Crippen LogP contribution in [0.5, 0.6) is 0 Å². The van der Waals surface area contributed by atoms with Gasteiger partial charge in [0.2, 0.25) is 5.13 Å². The lowest BCUT2D eigenvalue weighted by Gasteiger charge is -2.22. The number of thiazole rings is 1. The summed E-state index contributed by atoms with van der Waals surface area (Å²) in [6.45, 7) is 0.626. The molecule has 1 aromatic heterocycles. The Morgan fingerprint density at radius 3 is 2.76 bits per heavy atom. The van der Waals surface area contributed by atoms with Gasteiger partial charge in [-0.15, -0.1) is 11.3 Å². The third-order valence-corrected chi connectivity index (χ3v) is 6.18. The predicted octanol–water partition coefficient (Wildman–Crippen LogP) is 6.76. The zero-order valence-electron chi connectivity index (χ0n) is 16.2. The van der Waals surface area contributed by atoms with Crippen LogP contribution < -0.4 is 5.43 Å². The molecule has 150 valence electrons. The molecule has 0 amide bonds. The first-order chi connectivity index (χ1) is 14.3. The molecule has 1 N–H and O–H groups in total. The first kappa shape index (κ1) is 20.1. The summed E-state index contributed by atoms with van der Waals surface area (Å²) in [5, 5.41) is 7.78. The van der Waals surface area contributed by atoms with Crippen molar-refractivity contribution in [2.45, 2.75) is 44.8 Å². The fraction of sp³-hybridized carbons (Fsp3) is 0.304. The number of halogens is 1. The monoisotopic (exact) mass is 425 g/mol. The smallest absolute Gasteiger partial charge is 0.203 e. The van der Waals surface area contributed by atoms with Crippen LogP contribution in [0.3, 0.4) is 0 Å². The highest BCUT2D eigenvalue weighted by atomic mass is 35.5. The summed E-state index contributed by atoms with van der Waals surface area (Å²) in [4.78, 5) is 4.58. The highest BCUT2D eigenvalue weighted by molar-refractivity contribution is 7.14. The molecule has 6 heteroatoms. The molecule has 4 rings (SSSR count). The average Bonchev–Trinajstić information content (AvgIpc) is 3.23. The average molecular weight is 426 g/mol. The summed E-state index contributed by atoms with van der Waals surface area (Å²) in [6.07, 6.45) is 8.47. The van der Waals surface area contributed by atoms with E-state index in [2.05, 4.69) is 27.6 Å². The van der Waals surface area contributed by atoms with Crippen molar-refractivity contribution in [3.05, 3.63) is 70.1 Å². The van der Waals surface area contributed by atoms with Crippen LogP contribution in [0.15, 0.2) is 59.0 Å². The molecule has 0 aliphatic heterocycles. The SMILES string of the molecule is Clc1ccccc1-c1csc(N/N=C/c2ccccc2COC2CCCCC2)n1. The first-order valence-corrected chi connectivity index (χ1v) is 11.2. The summed E-state index contributed by atoms with van der Waals surface area (Å²) < 4.78 is 6.13. The zero-order chi connectivity index (χ0) is 19.9. The number of hydrazone groups is 1. The van der Waals surface area contributed by atoms with Crippen molar-refractivity contribution in [3.8, 4) is 11.3 Å². The molecule has 1 saturated carbocycles. The van der Waals surface area contributed by atoms with Crippen LogP contribution in [0.4, 0.5) is 5.13 Å². The Kier molecular flexibility index (Phi) is 6.93. The number of nitrogens with zero attached hydrogens (tertiary/aromatic N) is 2. The number of benzene rings is 2. The minimum atomic E-state index is 0.394. The molecule has 3 aromatic rings. The van der Waals surface area contributed by atoms with E-state index >= 15 is 0 Å². The standard InChI is InChI=1S/C23H24ClN3OS/c24-21-13-7-6-12-20(21)22-16-29-23(26-22)27-25-14-17-8-4-5-9-18(17)15-28-19-10-2-1-3-11-19/h4-9,12-14,16,19H,1-3,10-11,15H2,(H,26,27)/b25-14+. The van der Waals surface area contributed by atoms with E-state index in [1.165, 1.54) is 43.4 Å². The number of aromatic nitrogens is 1. The molecule has 0 saturated heterocycles. The van der Waals surface area contributed by atoms with Gasteiger partial charge in [-0.25, -0.2) is 4.98 Å². The third kappa shape index (κ3) is 5.44. The van der Waals surface area contributed by atoms with Crippen molar-refractivity contribution in [3.63, 3.8) is 0 Å². The largest absolute Gasteiger partial charge is 0.374 e. The number of anilines is 1. The number of ether oxygens (including phenoxy) is 1. The molecule has 1 aliphatic rings. The molecule has 0 radical (unpaired) electrons. The van der Waals surface area contributed by atoms with E-state index < -0.39 is 0 Å². The molecule has 29 heavy (non-hydrogen) atoms. The number of hydrogen-bond donors (Lipinski definition) is 1. The fourth-order valence-corrected chi connectivity index (χ4v) is 4.40. The summed E-state index contributed by atoms with van der Waals surface area (Å²) in [5.74, 6) is 0. The van der Waals surface area contributed by atoms with E-state index in [9.17, 15) is 0 Å². The second-order valence-corrected chi connectivity index (χ2v) is 8.42. The van der Waals surface area contributed by atoms with Crippen LogP contribution in [0, 0.1) is 0 Å². The van der Waals surface area contributed by atoms with Gasteiger partial charge in [0.1, 0.15) is 0 Å². The van der Waals surface area contributed by atoms with E-state index in [-0.39, 0.29) is 0 Å². The van der Waals surface area contributed by atoms with E-state index in [4.69, 9.17) is 16.3 Å². The maximum absolute atomic E-state index is 6.26. The molecule has 1 fully saturated rings. The molecule has 0 spiro atoms. The summed E-state index contributed by atoms with van der Waals surface area (Å²) >= 11 is 7.76. The van der Waals surface area contributed by atoms with Gasteiger partial charge in [0.05, 0.1) is 24.6 Å². The van der Waals surface area contributed by atoms with Crippen LogP contribution >= 0.6 is 22.9 Å². The normalized spacial score (nSPS) is 15.1. The van der Waals surface area contributed by atoms with Crippen LogP contribution in [0.25, 0.3) is 11.3 Å². The highest BCUT2D eigenvalue weighted by Gasteiger charge is 2.14. The van der Waals surface area contributed by atoms with Gasteiger partial charge in [0.15, 0.2) is 0 Å². The molecule has 4 nitrogen and oxygen atoms in total. The van der Waals surface area contributed by atoms with Gasteiger partial charge in [-0.05, 0) is 24.5 Å². The van der Waals surface area contributed by atoms with Gasteiger partial charge in [0.25, 0.3) is 0 Å². The van der Waals surface area contributed by atoms with Crippen LogP contribution in [-0.2, 0) is 11.3 Å². The molecule has 2 aromatic carbocycles. The third-order valence-electron chi connectivity index (χ3n) is 5.10. The molecule has 1 heterocycles. The van der Waals surface area contributed by atoms with Gasteiger partial charge >= 0.3 is 0 Å². The highest BCUT2D eigenvalue weighted by Crippen LogP contribution is 2.30. The fourth-order valence-electron chi connectivity index (χ4n) is 3.51. The summed E-state index contributed by atoms with van der Waals surface area (Å²) in [6, 6.07) is 15.9. The Hall–Kier alpha value is -2.21. The van der Waals surface area contributed by atoms with Crippen molar-refractivity contribution in [1.82, 2.24) is 4.98 Å². The van der Waals surface area contributed by atoms with Crippen LogP contribution in [0.2, 0.25) is 5.02 Å². The van der Waals surface area contributed by atoms with E-state index in [1.807, 2.05) is 48.0 Å². The Balaban J connectivity index is 1.38. The number of nitrogens with one attached hydrogen (secondary N) is 1. The van der Waals surface area contributed by atoms with Gasteiger partial charge in [-0.2, -0.15) is 5.10 Å². The van der Waals surface area contributed by atoms with Crippen molar-refractivity contribution in [2.24, 2.45) is 5.10 Å². The topological polar surface area (TPSA) is 46.5 Å². The van der Waals surface area contributed by atoms with Gasteiger partial charge in [0, 0.05) is 21.5 Å². The number of hydrogen-bond acceptors (Lipinski definition) is 5. The van der Waals surface area contributed by atoms with Gasteiger partial charge in [-0.3, -0.25) is 5.43 Å². The van der Waals surface area contributed by atoms with Crippen molar-refractivity contribution < 1.29 is 4.74 Å². The Morgan fingerprint density at radius 2 is 1.90 bits per heavy atom. The maximum Gasteiger partial charge on any atom is 0.203 e. The number of rotatable bonds is 7. The van der Waals surface area contributed by atoms with E-state index in [0.29, 0.717) is 17.7 Å². The van der Waals surface area contributed by atoms with Crippen LogP contribution in [-0.4, -0.2) is 17.3 Å².